The summed E-state index contributed by atoms with van der Waals surface area (Å²) in [5.74, 6) is 1.15. The highest BCUT2D eigenvalue weighted by atomic mass is 16.5. The van der Waals surface area contributed by atoms with Crippen molar-refractivity contribution >= 4 is 11.8 Å². The SMILES string of the molecule is COC(=O)CCC/C=C1/CC2CCCC2C1=O. The van der Waals surface area contributed by atoms with Crippen LogP contribution in [-0.4, -0.2) is 18.9 Å². The number of Topliss-reactive ketones (excluding diaryl/α,β-unsaturated/α-hetero) is 1. The number of hydrogen-bond donors (Lipinski definition) is 0. The molecule has 0 radical (unpaired) electrons. The van der Waals surface area contributed by atoms with Gasteiger partial charge in [0, 0.05) is 12.3 Å². The van der Waals surface area contributed by atoms with Gasteiger partial charge >= 0.3 is 5.97 Å². The lowest BCUT2D eigenvalue weighted by molar-refractivity contribution is -0.140. The summed E-state index contributed by atoms with van der Waals surface area (Å²) in [5.41, 5.74) is 1.02. The number of carbonyl (C=O) groups excluding carboxylic acids is 2. The van der Waals surface area contributed by atoms with Crippen molar-refractivity contribution in [3.63, 3.8) is 0 Å². The van der Waals surface area contributed by atoms with Gasteiger partial charge in [0.15, 0.2) is 5.78 Å². The molecule has 94 valence electrons. The molecule has 2 aliphatic rings. The molecule has 0 spiro atoms. The van der Waals surface area contributed by atoms with E-state index in [1.54, 1.807) is 0 Å². The Morgan fingerprint density at radius 2 is 2.29 bits per heavy atom. The van der Waals surface area contributed by atoms with Crippen molar-refractivity contribution in [2.75, 3.05) is 7.11 Å². The van der Waals surface area contributed by atoms with Gasteiger partial charge in [-0.25, -0.2) is 0 Å². The normalized spacial score (nSPS) is 29.7. The number of allylic oxidation sites excluding steroid dienone is 2. The highest BCUT2D eigenvalue weighted by Gasteiger charge is 2.40. The summed E-state index contributed by atoms with van der Waals surface area (Å²) in [7, 11) is 1.41. The summed E-state index contributed by atoms with van der Waals surface area (Å²) < 4.78 is 4.58. The zero-order chi connectivity index (χ0) is 12.3. The number of carbonyl (C=O) groups is 2. The van der Waals surface area contributed by atoms with E-state index in [0.717, 1.165) is 31.3 Å². The van der Waals surface area contributed by atoms with E-state index in [1.165, 1.54) is 20.0 Å². The van der Waals surface area contributed by atoms with Crippen LogP contribution in [-0.2, 0) is 14.3 Å². The van der Waals surface area contributed by atoms with Crippen LogP contribution in [0.2, 0.25) is 0 Å². The van der Waals surface area contributed by atoms with E-state index in [2.05, 4.69) is 4.74 Å². The molecule has 17 heavy (non-hydrogen) atoms. The second-order valence-corrected chi connectivity index (χ2v) is 5.06. The molecule has 2 saturated carbocycles. The van der Waals surface area contributed by atoms with Crippen LogP contribution < -0.4 is 0 Å². The number of methoxy groups -OCH3 is 1. The van der Waals surface area contributed by atoms with Gasteiger partial charge in [0.05, 0.1) is 7.11 Å². The summed E-state index contributed by atoms with van der Waals surface area (Å²) in [4.78, 5) is 22.9. The maximum atomic E-state index is 12.0. The predicted octanol–water partition coefficient (Wildman–Crippen LogP) is 2.65. The largest absolute Gasteiger partial charge is 0.469 e. The maximum Gasteiger partial charge on any atom is 0.305 e. The number of ketones is 1. The van der Waals surface area contributed by atoms with Gasteiger partial charge < -0.3 is 4.74 Å². The summed E-state index contributed by atoms with van der Waals surface area (Å²) in [6, 6.07) is 0. The van der Waals surface area contributed by atoms with Crippen LogP contribution >= 0.6 is 0 Å². The smallest absolute Gasteiger partial charge is 0.305 e. The molecule has 2 unspecified atom stereocenters. The van der Waals surface area contributed by atoms with Crippen molar-refractivity contribution in [2.45, 2.75) is 44.9 Å². The lowest BCUT2D eigenvalue weighted by Crippen LogP contribution is -2.08. The first-order valence-electron chi connectivity index (χ1n) is 6.52. The predicted molar refractivity (Wildman–Crippen MR) is 64.4 cm³/mol. The molecule has 2 rings (SSSR count). The first kappa shape index (κ1) is 12.3. The van der Waals surface area contributed by atoms with E-state index < -0.39 is 0 Å². The third-order valence-electron chi connectivity index (χ3n) is 4.00. The van der Waals surface area contributed by atoms with Crippen LogP contribution in [0.3, 0.4) is 0 Å². The monoisotopic (exact) mass is 236 g/mol. The minimum absolute atomic E-state index is 0.169. The Balaban J connectivity index is 1.79. The van der Waals surface area contributed by atoms with E-state index in [4.69, 9.17) is 0 Å². The van der Waals surface area contributed by atoms with Crippen molar-refractivity contribution in [3.8, 4) is 0 Å². The number of hydrogen-bond acceptors (Lipinski definition) is 3. The zero-order valence-electron chi connectivity index (χ0n) is 10.4. The first-order valence-corrected chi connectivity index (χ1v) is 6.52. The summed E-state index contributed by atoms with van der Waals surface area (Å²) >= 11 is 0. The van der Waals surface area contributed by atoms with Gasteiger partial charge in [0.2, 0.25) is 0 Å². The number of rotatable bonds is 4. The van der Waals surface area contributed by atoms with Gasteiger partial charge in [0.25, 0.3) is 0 Å². The molecule has 0 N–H and O–H groups in total. The second kappa shape index (κ2) is 5.48. The minimum Gasteiger partial charge on any atom is -0.469 e. The molecule has 0 aromatic carbocycles. The average molecular weight is 236 g/mol. The molecule has 0 aromatic heterocycles. The Morgan fingerprint density at radius 1 is 1.47 bits per heavy atom. The Kier molecular flexibility index (Phi) is 3.97. The van der Waals surface area contributed by atoms with Crippen molar-refractivity contribution in [1.82, 2.24) is 0 Å². The minimum atomic E-state index is -0.169. The van der Waals surface area contributed by atoms with Crippen LogP contribution in [0.1, 0.15) is 44.9 Å². The molecular formula is C14H20O3. The van der Waals surface area contributed by atoms with Gasteiger partial charge in [-0.2, -0.15) is 0 Å². The Hall–Kier alpha value is -1.12. The van der Waals surface area contributed by atoms with E-state index in [9.17, 15) is 9.59 Å². The van der Waals surface area contributed by atoms with Crippen molar-refractivity contribution < 1.29 is 14.3 Å². The fourth-order valence-electron chi connectivity index (χ4n) is 3.06. The molecule has 0 aliphatic heterocycles. The molecule has 0 saturated heterocycles. The quantitative estimate of drug-likeness (QED) is 0.428. The molecule has 2 aliphatic carbocycles. The fraction of sp³-hybridized carbons (Fsp3) is 0.714. The second-order valence-electron chi connectivity index (χ2n) is 5.06. The molecule has 3 nitrogen and oxygen atoms in total. The highest BCUT2D eigenvalue weighted by Crippen LogP contribution is 2.44. The number of ether oxygens (including phenoxy) is 1. The van der Waals surface area contributed by atoms with Crippen LogP contribution in [0.15, 0.2) is 11.6 Å². The third-order valence-corrected chi connectivity index (χ3v) is 4.00. The van der Waals surface area contributed by atoms with E-state index >= 15 is 0 Å². The zero-order valence-corrected chi connectivity index (χ0v) is 10.4. The van der Waals surface area contributed by atoms with Crippen molar-refractivity contribution in [2.24, 2.45) is 11.8 Å². The van der Waals surface area contributed by atoms with E-state index in [-0.39, 0.29) is 5.97 Å². The third kappa shape index (κ3) is 2.76. The summed E-state index contributed by atoms with van der Waals surface area (Å²) in [6.45, 7) is 0. The highest BCUT2D eigenvalue weighted by molar-refractivity contribution is 5.99. The average Bonchev–Trinajstić information content (AvgIpc) is 2.89. The Bertz CT molecular complexity index is 343. The lowest BCUT2D eigenvalue weighted by atomic mass is 10.0. The van der Waals surface area contributed by atoms with Crippen molar-refractivity contribution in [1.29, 1.82) is 0 Å². The molecule has 2 atom stereocenters. The molecule has 0 heterocycles. The van der Waals surface area contributed by atoms with E-state index in [0.29, 0.717) is 24.0 Å². The number of unbranched alkanes of at least 4 members (excludes halogenated alkanes) is 1. The standard InChI is InChI=1S/C14H20O3/c1-17-13(15)8-3-2-5-11-9-10-6-4-7-12(10)14(11)16/h5,10,12H,2-4,6-9H2,1H3/b11-5-. The first-order chi connectivity index (χ1) is 8.22. The van der Waals surface area contributed by atoms with Crippen LogP contribution in [0, 0.1) is 11.8 Å². The summed E-state index contributed by atoms with van der Waals surface area (Å²) in [5, 5.41) is 0. The lowest BCUT2D eigenvalue weighted by Gasteiger charge is -2.02. The Morgan fingerprint density at radius 3 is 3.00 bits per heavy atom. The molecular weight excluding hydrogens is 216 g/mol. The van der Waals surface area contributed by atoms with Gasteiger partial charge in [-0.05, 0) is 43.6 Å². The van der Waals surface area contributed by atoms with Gasteiger partial charge in [-0.3, -0.25) is 9.59 Å². The molecule has 0 amide bonds. The number of fused-ring (bicyclic) bond motifs is 1. The summed E-state index contributed by atoms with van der Waals surface area (Å²) in [6.07, 6.45) is 8.58. The Labute approximate surface area is 102 Å². The fourth-order valence-corrected chi connectivity index (χ4v) is 3.06. The van der Waals surface area contributed by atoms with Crippen LogP contribution in [0.25, 0.3) is 0 Å². The topological polar surface area (TPSA) is 43.4 Å². The van der Waals surface area contributed by atoms with E-state index in [1.807, 2.05) is 6.08 Å². The van der Waals surface area contributed by atoms with Crippen molar-refractivity contribution in [3.05, 3.63) is 11.6 Å². The van der Waals surface area contributed by atoms with Gasteiger partial charge in [-0.1, -0.05) is 12.5 Å². The molecule has 0 bridgehead atoms. The van der Waals surface area contributed by atoms with Gasteiger partial charge in [-0.15, -0.1) is 0 Å². The molecule has 3 heteroatoms. The van der Waals surface area contributed by atoms with Crippen LogP contribution in [0.4, 0.5) is 0 Å². The maximum absolute atomic E-state index is 12.0. The van der Waals surface area contributed by atoms with Gasteiger partial charge in [0.1, 0.15) is 0 Å². The molecule has 0 aromatic rings. The van der Waals surface area contributed by atoms with Crippen LogP contribution in [0.5, 0.6) is 0 Å². The number of esters is 1. The molecule has 2 fully saturated rings.